The molecule has 1 atom stereocenters. The molecule has 0 saturated heterocycles. The Kier molecular flexibility index (Phi) is 5.37. The number of benzene rings is 1. The first-order chi connectivity index (χ1) is 8.81. The van der Waals surface area contributed by atoms with E-state index in [1.54, 1.807) is 7.11 Å². The van der Waals surface area contributed by atoms with E-state index >= 15 is 0 Å². The van der Waals surface area contributed by atoms with Crippen LogP contribution >= 0.6 is 11.6 Å². The first kappa shape index (κ1) is 13.7. The van der Waals surface area contributed by atoms with Gasteiger partial charge in [-0.3, -0.25) is 0 Å². The number of hydrogen-bond donors (Lipinski definition) is 0. The fourth-order valence-electron chi connectivity index (χ4n) is 2.84. The summed E-state index contributed by atoms with van der Waals surface area (Å²) in [5.41, 5.74) is 1.24. The summed E-state index contributed by atoms with van der Waals surface area (Å²) in [5.74, 6) is 1.54. The molecule has 1 aromatic rings. The summed E-state index contributed by atoms with van der Waals surface area (Å²) in [4.78, 5) is 0. The van der Waals surface area contributed by atoms with Crippen LogP contribution in [0.5, 0.6) is 5.75 Å². The van der Waals surface area contributed by atoms with Crippen LogP contribution in [0.4, 0.5) is 0 Å². The van der Waals surface area contributed by atoms with Gasteiger partial charge in [0.05, 0.1) is 12.5 Å². The summed E-state index contributed by atoms with van der Waals surface area (Å²) in [6.07, 6.45) is 9.39. The summed E-state index contributed by atoms with van der Waals surface area (Å²) in [6, 6.07) is 8.23. The molecule has 0 aliphatic heterocycles. The zero-order valence-corrected chi connectivity index (χ0v) is 12.0. The second-order valence-electron chi connectivity index (χ2n) is 5.28. The van der Waals surface area contributed by atoms with Crippen molar-refractivity contribution in [2.45, 2.75) is 50.3 Å². The largest absolute Gasteiger partial charge is 0.497 e. The molecule has 0 bridgehead atoms. The van der Waals surface area contributed by atoms with E-state index < -0.39 is 0 Å². The molecular weight excluding hydrogens is 244 g/mol. The quantitative estimate of drug-likeness (QED) is 0.672. The highest BCUT2D eigenvalue weighted by atomic mass is 35.5. The molecule has 0 amide bonds. The topological polar surface area (TPSA) is 9.23 Å². The maximum absolute atomic E-state index is 6.67. The average molecular weight is 267 g/mol. The third-order valence-electron chi connectivity index (χ3n) is 4.00. The van der Waals surface area contributed by atoms with Gasteiger partial charge in [0.2, 0.25) is 0 Å². The van der Waals surface area contributed by atoms with E-state index in [1.165, 1.54) is 50.5 Å². The van der Waals surface area contributed by atoms with Gasteiger partial charge >= 0.3 is 0 Å². The van der Waals surface area contributed by atoms with Gasteiger partial charge in [-0.05, 0) is 36.5 Å². The lowest BCUT2D eigenvalue weighted by Crippen LogP contribution is -2.10. The van der Waals surface area contributed by atoms with Gasteiger partial charge in [-0.25, -0.2) is 0 Å². The van der Waals surface area contributed by atoms with E-state index in [4.69, 9.17) is 16.3 Å². The predicted octanol–water partition coefficient (Wildman–Crippen LogP) is 5.34. The maximum atomic E-state index is 6.67. The molecule has 18 heavy (non-hydrogen) atoms. The van der Waals surface area contributed by atoms with Gasteiger partial charge in [-0.2, -0.15) is 0 Å². The Balaban J connectivity index is 2.00. The van der Waals surface area contributed by atoms with Crippen molar-refractivity contribution in [3.63, 3.8) is 0 Å². The molecule has 1 aromatic carbocycles. The summed E-state index contributed by atoms with van der Waals surface area (Å²) in [6.45, 7) is 0. The van der Waals surface area contributed by atoms with Crippen molar-refractivity contribution in [2.75, 3.05) is 7.11 Å². The molecule has 1 fully saturated rings. The fraction of sp³-hybridized carbons (Fsp3) is 0.625. The molecular formula is C16H23ClO. The van der Waals surface area contributed by atoms with Crippen LogP contribution < -0.4 is 4.74 Å². The Bertz CT molecular complexity index is 339. The monoisotopic (exact) mass is 266 g/mol. The average Bonchev–Trinajstić information content (AvgIpc) is 2.38. The summed E-state index contributed by atoms with van der Waals surface area (Å²) in [7, 11) is 1.70. The number of ether oxygens (including phenoxy) is 1. The second kappa shape index (κ2) is 7.04. The third kappa shape index (κ3) is 3.65. The van der Waals surface area contributed by atoms with Gasteiger partial charge < -0.3 is 4.74 Å². The maximum Gasteiger partial charge on any atom is 0.118 e. The van der Waals surface area contributed by atoms with E-state index in [0.717, 1.165) is 5.75 Å². The normalized spacial score (nSPS) is 19.9. The Labute approximate surface area is 115 Å². The van der Waals surface area contributed by atoms with Crippen LogP contribution in [-0.2, 0) is 0 Å². The van der Waals surface area contributed by atoms with Crippen molar-refractivity contribution in [1.82, 2.24) is 0 Å². The lowest BCUT2D eigenvalue weighted by molar-refractivity contribution is 0.368. The van der Waals surface area contributed by atoms with Crippen LogP contribution in [0.2, 0.25) is 0 Å². The van der Waals surface area contributed by atoms with Crippen molar-refractivity contribution < 1.29 is 4.74 Å². The van der Waals surface area contributed by atoms with Crippen LogP contribution in [0.3, 0.4) is 0 Å². The lowest BCUT2D eigenvalue weighted by atomic mass is 9.86. The third-order valence-corrected chi connectivity index (χ3v) is 4.61. The zero-order valence-electron chi connectivity index (χ0n) is 11.2. The number of rotatable bonds is 3. The molecule has 1 aliphatic carbocycles. The number of hydrogen-bond acceptors (Lipinski definition) is 1. The van der Waals surface area contributed by atoms with Crippen LogP contribution in [0.1, 0.15) is 55.9 Å². The molecule has 1 nitrogen and oxygen atoms in total. The van der Waals surface area contributed by atoms with Gasteiger partial charge in [0.15, 0.2) is 0 Å². The lowest BCUT2D eigenvalue weighted by Gasteiger charge is -2.24. The minimum absolute atomic E-state index is 0.161. The van der Waals surface area contributed by atoms with E-state index in [0.29, 0.717) is 5.92 Å². The number of halogens is 1. The second-order valence-corrected chi connectivity index (χ2v) is 5.75. The predicted molar refractivity (Wildman–Crippen MR) is 77.4 cm³/mol. The van der Waals surface area contributed by atoms with Crippen molar-refractivity contribution in [1.29, 1.82) is 0 Å². The van der Waals surface area contributed by atoms with Gasteiger partial charge in [0.1, 0.15) is 5.75 Å². The highest BCUT2D eigenvalue weighted by Crippen LogP contribution is 2.37. The molecule has 0 N–H and O–H groups in total. The van der Waals surface area contributed by atoms with Gasteiger partial charge in [-0.1, -0.05) is 44.2 Å². The Morgan fingerprint density at radius 3 is 2.11 bits per heavy atom. The van der Waals surface area contributed by atoms with Gasteiger partial charge in [0, 0.05) is 0 Å². The Hall–Kier alpha value is -0.690. The highest BCUT2D eigenvalue weighted by Gasteiger charge is 2.21. The molecule has 1 saturated carbocycles. The van der Waals surface area contributed by atoms with E-state index in [1.807, 2.05) is 12.1 Å². The molecule has 100 valence electrons. The molecule has 2 heteroatoms. The molecule has 1 aliphatic rings. The summed E-state index contributed by atoms with van der Waals surface area (Å²) < 4.78 is 5.19. The fourth-order valence-corrected chi connectivity index (χ4v) is 3.24. The number of methoxy groups -OCH3 is 1. The van der Waals surface area contributed by atoms with Gasteiger partial charge in [-0.15, -0.1) is 11.6 Å². The molecule has 0 heterocycles. The smallest absolute Gasteiger partial charge is 0.118 e. The van der Waals surface area contributed by atoms with Gasteiger partial charge in [0.25, 0.3) is 0 Å². The highest BCUT2D eigenvalue weighted by molar-refractivity contribution is 6.21. The Morgan fingerprint density at radius 2 is 1.56 bits per heavy atom. The summed E-state index contributed by atoms with van der Waals surface area (Å²) in [5, 5.41) is 0.161. The van der Waals surface area contributed by atoms with E-state index in [2.05, 4.69) is 12.1 Å². The van der Waals surface area contributed by atoms with Crippen molar-refractivity contribution in [2.24, 2.45) is 5.92 Å². The molecule has 0 radical (unpaired) electrons. The first-order valence-electron chi connectivity index (χ1n) is 7.09. The minimum Gasteiger partial charge on any atom is -0.497 e. The SMILES string of the molecule is COc1ccc(C(Cl)C2CCCCCCC2)cc1. The molecule has 0 spiro atoms. The molecule has 1 unspecified atom stereocenters. The Morgan fingerprint density at radius 1 is 1.00 bits per heavy atom. The van der Waals surface area contributed by atoms with Crippen molar-refractivity contribution in [3.05, 3.63) is 29.8 Å². The van der Waals surface area contributed by atoms with Crippen LogP contribution in [0, 0.1) is 5.92 Å². The van der Waals surface area contributed by atoms with E-state index in [-0.39, 0.29) is 5.38 Å². The van der Waals surface area contributed by atoms with Crippen molar-refractivity contribution >= 4 is 11.6 Å². The first-order valence-corrected chi connectivity index (χ1v) is 7.53. The molecule has 0 aromatic heterocycles. The minimum atomic E-state index is 0.161. The molecule has 2 rings (SSSR count). The number of alkyl halides is 1. The zero-order chi connectivity index (χ0) is 12.8. The van der Waals surface area contributed by atoms with Crippen LogP contribution in [0.25, 0.3) is 0 Å². The standard InChI is InChI=1S/C16H23ClO/c1-18-15-11-9-14(10-12-15)16(17)13-7-5-3-2-4-6-8-13/h9-13,16H,2-8H2,1H3. The van der Waals surface area contributed by atoms with Crippen LogP contribution in [0.15, 0.2) is 24.3 Å². The van der Waals surface area contributed by atoms with Crippen LogP contribution in [-0.4, -0.2) is 7.11 Å². The summed E-state index contributed by atoms with van der Waals surface area (Å²) >= 11 is 6.67. The van der Waals surface area contributed by atoms with Crippen molar-refractivity contribution in [3.8, 4) is 5.75 Å². The van der Waals surface area contributed by atoms with E-state index in [9.17, 15) is 0 Å².